The summed E-state index contributed by atoms with van der Waals surface area (Å²) in [4.78, 5) is 23.4. The highest BCUT2D eigenvalue weighted by Gasteiger charge is 2.32. The lowest BCUT2D eigenvalue weighted by Crippen LogP contribution is -2.40. The number of carbonyl (C=O) groups is 2. The van der Waals surface area contributed by atoms with Gasteiger partial charge in [0.2, 0.25) is 16.1 Å². The number of phenols is 1. The number of carbonyl (C=O) groups excluding carboxylic acids is 2. The molecule has 1 atom stereocenters. The number of phenolic OH excluding ortho intramolecular Hbond substituents is 1. The normalized spacial score (nSPS) is 21.8. The van der Waals surface area contributed by atoms with E-state index in [2.05, 4.69) is 0 Å². The fraction of sp³-hybridized carbons (Fsp3) is 0.467. The van der Waals surface area contributed by atoms with Gasteiger partial charge in [0.05, 0.1) is 24.7 Å². The van der Waals surface area contributed by atoms with E-state index in [9.17, 15) is 23.1 Å². The van der Waals surface area contributed by atoms with Crippen LogP contribution in [0.3, 0.4) is 0 Å². The van der Waals surface area contributed by atoms with Gasteiger partial charge in [-0.05, 0) is 18.2 Å². The minimum atomic E-state index is -3.83. The summed E-state index contributed by atoms with van der Waals surface area (Å²) in [6.07, 6.45) is -0.830. The first-order valence-corrected chi connectivity index (χ1v) is 9.12. The first kappa shape index (κ1) is 17.6. The largest absolute Gasteiger partial charge is 0.507 e. The maximum atomic E-state index is 12.6. The maximum Gasteiger partial charge on any atom is 0.347 e. The summed E-state index contributed by atoms with van der Waals surface area (Å²) in [6, 6.07) is 3.36. The third-order valence-electron chi connectivity index (χ3n) is 3.93. The number of esters is 2. The van der Waals surface area contributed by atoms with Crippen molar-refractivity contribution in [2.45, 2.75) is 17.4 Å². The van der Waals surface area contributed by atoms with Crippen molar-refractivity contribution in [2.24, 2.45) is 0 Å². The number of cyclic esters (lactones) is 1. The van der Waals surface area contributed by atoms with Crippen LogP contribution >= 0.6 is 0 Å². The Kier molecular flexibility index (Phi) is 4.93. The molecule has 0 radical (unpaired) electrons. The third kappa shape index (κ3) is 3.60. The van der Waals surface area contributed by atoms with Crippen LogP contribution in [0.2, 0.25) is 0 Å². The van der Waals surface area contributed by atoms with Crippen molar-refractivity contribution in [3.8, 4) is 5.75 Å². The Morgan fingerprint density at radius 1 is 1.24 bits per heavy atom. The first-order chi connectivity index (χ1) is 11.9. The van der Waals surface area contributed by atoms with Crippen LogP contribution in [0, 0.1) is 0 Å². The van der Waals surface area contributed by atoms with E-state index in [0.29, 0.717) is 0 Å². The Morgan fingerprint density at radius 3 is 2.60 bits per heavy atom. The molecular formula is C15H17NO8S. The lowest BCUT2D eigenvalue weighted by Gasteiger charge is -2.26. The quantitative estimate of drug-likeness (QED) is 0.728. The van der Waals surface area contributed by atoms with Crippen LogP contribution in [-0.2, 0) is 29.0 Å². The summed E-state index contributed by atoms with van der Waals surface area (Å²) in [5.41, 5.74) is -0.325. The number of hydrogen-bond acceptors (Lipinski definition) is 8. The number of sulfonamides is 1. The van der Waals surface area contributed by atoms with Gasteiger partial charge in [-0.3, -0.25) is 0 Å². The van der Waals surface area contributed by atoms with Crippen LogP contribution in [-0.4, -0.2) is 68.8 Å². The lowest BCUT2D eigenvalue weighted by molar-refractivity contribution is -0.145. The molecule has 0 saturated carbocycles. The predicted octanol–water partition coefficient (Wildman–Crippen LogP) is -0.115. The second-order valence-corrected chi connectivity index (χ2v) is 7.48. The average Bonchev–Trinajstić information content (AvgIpc) is 3.00. The SMILES string of the molecule is O=C(O[C@H]1CCOC1=O)c1cc(S(=O)(=O)N2CCOCC2)ccc1O. The molecule has 0 unspecified atom stereocenters. The minimum Gasteiger partial charge on any atom is -0.507 e. The molecule has 2 fully saturated rings. The zero-order valence-electron chi connectivity index (χ0n) is 13.2. The van der Waals surface area contributed by atoms with Gasteiger partial charge in [0, 0.05) is 19.5 Å². The molecule has 136 valence electrons. The van der Waals surface area contributed by atoms with E-state index in [0.717, 1.165) is 12.1 Å². The van der Waals surface area contributed by atoms with Gasteiger partial charge < -0.3 is 19.3 Å². The minimum absolute atomic E-state index is 0.145. The highest BCUT2D eigenvalue weighted by atomic mass is 32.2. The van der Waals surface area contributed by atoms with E-state index in [1.807, 2.05) is 0 Å². The molecule has 25 heavy (non-hydrogen) atoms. The van der Waals surface area contributed by atoms with Gasteiger partial charge in [-0.25, -0.2) is 18.0 Å². The number of benzene rings is 1. The molecule has 10 heteroatoms. The van der Waals surface area contributed by atoms with Gasteiger partial charge in [0.15, 0.2) is 0 Å². The maximum absolute atomic E-state index is 12.6. The van der Waals surface area contributed by atoms with E-state index in [4.69, 9.17) is 14.2 Å². The van der Waals surface area contributed by atoms with Crippen LogP contribution in [0.15, 0.2) is 23.1 Å². The number of ether oxygens (including phenoxy) is 3. The van der Waals surface area contributed by atoms with Gasteiger partial charge in [0.25, 0.3) is 0 Å². The van der Waals surface area contributed by atoms with E-state index < -0.39 is 33.8 Å². The number of hydrogen-bond donors (Lipinski definition) is 1. The van der Waals surface area contributed by atoms with Crippen molar-refractivity contribution >= 4 is 22.0 Å². The smallest absolute Gasteiger partial charge is 0.347 e. The average molecular weight is 371 g/mol. The van der Waals surface area contributed by atoms with Crippen molar-refractivity contribution in [3.63, 3.8) is 0 Å². The lowest BCUT2D eigenvalue weighted by atomic mass is 10.2. The van der Waals surface area contributed by atoms with Crippen molar-refractivity contribution in [3.05, 3.63) is 23.8 Å². The predicted molar refractivity (Wildman–Crippen MR) is 82.5 cm³/mol. The molecule has 2 aliphatic rings. The van der Waals surface area contributed by atoms with Crippen molar-refractivity contribution < 1.29 is 37.3 Å². The van der Waals surface area contributed by atoms with Gasteiger partial charge in [0.1, 0.15) is 11.3 Å². The molecule has 2 aliphatic heterocycles. The van der Waals surface area contributed by atoms with Crippen LogP contribution < -0.4 is 0 Å². The zero-order chi connectivity index (χ0) is 18.0. The van der Waals surface area contributed by atoms with E-state index in [1.165, 1.54) is 10.4 Å². The summed E-state index contributed by atoms with van der Waals surface area (Å²) < 4.78 is 41.3. The molecule has 1 aromatic rings. The van der Waals surface area contributed by atoms with Crippen LogP contribution in [0.4, 0.5) is 0 Å². The van der Waals surface area contributed by atoms with E-state index in [-0.39, 0.29) is 49.8 Å². The summed E-state index contributed by atoms with van der Waals surface area (Å²) >= 11 is 0. The zero-order valence-corrected chi connectivity index (χ0v) is 14.0. The first-order valence-electron chi connectivity index (χ1n) is 7.68. The van der Waals surface area contributed by atoms with Crippen LogP contribution in [0.5, 0.6) is 5.75 Å². The topological polar surface area (TPSA) is 119 Å². The molecular weight excluding hydrogens is 354 g/mol. The second-order valence-electron chi connectivity index (χ2n) is 5.55. The molecule has 2 saturated heterocycles. The van der Waals surface area contributed by atoms with Crippen LogP contribution in [0.1, 0.15) is 16.8 Å². The Balaban J connectivity index is 1.84. The molecule has 1 N–H and O–H groups in total. The van der Waals surface area contributed by atoms with E-state index >= 15 is 0 Å². The molecule has 0 bridgehead atoms. The standard InChI is InChI=1S/C15H17NO8S/c17-12-2-1-10(25(20,21)16-4-7-22-8-5-16)9-11(12)14(18)24-13-3-6-23-15(13)19/h1-2,9,13,17H,3-8H2/t13-/m0/s1. The van der Waals surface area contributed by atoms with Gasteiger partial charge in [-0.1, -0.05) is 0 Å². The Hall–Kier alpha value is -2.17. The van der Waals surface area contributed by atoms with E-state index in [1.54, 1.807) is 0 Å². The monoisotopic (exact) mass is 371 g/mol. The van der Waals surface area contributed by atoms with Crippen molar-refractivity contribution in [1.82, 2.24) is 4.31 Å². The molecule has 3 rings (SSSR count). The molecule has 0 amide bonds. The fourth-order valence-electron chi connectivity index (χ4n) is 2.55. The molecule has 0 spiro atoms. The Labute approximate surface area is 144 Å². The number of rotatable bonds is 4. The Morgan fingerprint density at radius 2 is 1.96 bits per heavy atom. The summed E-state index contributed by atoms with van der Waals surface area (Å²) in [7, 11) is -3.83. The highest BCUT2D eigenvalue weighted by molar-refractivity contribution is 7.89. The van der Waals surface area contributed by atoms with Gasteiger partial charge in [-0.15, -0.1) is 0 Å². The Bertz CT molecular complexity index is 785. The van der Waals surface area contributed by atoms with Crippen LogP contribution in [0.25, 0.3) is 0 Å². The number of morpholine rings is 1. The van der Waals surface area contributed by atoms with Crippen molar-refractivity contribution in [1.29, 1.82) is 0 Å². The second kappa shape index (κ2) is 6.98. The highest BCUT2D eigenvalue weighted by Crippen LogP contribution is 2.26. The third-order valence-corrected chi connectivity index (χ3v) is 5.83. The summed E-state index contributed by atoms with van der Waals surface area (Å²) in [6.45, 7) is 1.13. The summed E-state index contributed by atoms with van der Waals surface area (Å²) in [5, 5.41) is 9.88. The molecule has 0 aliphatic carbocycles. The number of nitrogens with zero attached hydrogens (tertiary/aromatic N) is 1. The molecule has 9 nitrogen and oxygen atoms in total. The molecule has 2 heterocycles. The fourth-order valence-corrected chi connectivity index (χ4v) is 3.99. The molecule has 0 aromatic heterocycles. The van der Waals surface area contributed by atoms with Gasteiger partial charge >= 0.3 is 11.9 Å². The molecule has 1 aromatic carbocycles. The number of aromatic hydroxyl groups is 1. The summed E-state index contributed by atoms with van der Waals surface area (Å²) in [5.74, 6) is -2.08. The van der Waals surface area contributed by atoms with Gasteiger partial charge in [-0.2, -0.15) is 4.31 Å². The van der Waals surface area contributed by atoms with Crippen molar-refractivity contribution in [2.75, 3.05) is 32.9 Å².